The average Bonchev–Trinajstić information content (AvgIpc) is 2.35. The van der Waals surface area contributed by atoms with Crippen LogP contribution in [0.25, 0.3) is 0 Å². The predicted molar refractivity (Wildman–Crippen MR) is 77.0 cm³/mol. The van der Waals surface area contributed by atoms with Crippen molar-refractivity contribution in [2.24, 2.45) is 0 Å². The fourth-order valence-corrected chi connectivity index (χ4v) is 2.84. The summed E-state index contributed by atoms with van der Waals surface area (Å²) in [5.41, 5.74) is 2.56. The van der Waals surface area contributed by atoms with Gasteiger partial charge in [-0.2, -0.15) is 0 Å². The van der Waals surface area contributed by atoms with Crippen molar-refractivity contribution in [2.75, 3.05) is 6.54 Å². The molecule has 0 fully saturated rings. The van der Waals surface area contributed by atoms with E-state index in [0.29, 0.717) is 0 Å². The fourth-order valence-electron chi connectivity index (χ4n) is 2.33. The van der Waals surface area contributed by atoms with Gasteiger partial charge in [0.2, 0.25) is 0 Å². The molecule has 0 saturated carbocycles. The SMILES string of the molecule is Fc1cc(Br)cc(CNCCC2=CCCCC2)c1. The lowest BCUT2D eigenvalue weighted by Gasteiger charge is -2.13. The van der Waals surface area contributed by atoms with E-state index >= 15 is 0 Å². The second-order valence-electron chi connectivity index (χ2n) is 4.81. The maximum atomic E-state index is 13.2. The zero-order valence-electron chi connectivity index (χ0n) is 10.5. The maximum Gasteiger partial charge on any atom is 0.124 e. The molecule has 18 heavy (non-hydrogen) atoms. The minimum absolute atomic E-state index is 0.184. The van der Waals surface area contributed by atoms with Gasteiger partial charge in [-0.25, -0.2) is 4.39 Å². The van der Waals surface area contributed by atoms with E-state index in [-0.39, 0.29) is 5.82 Å². The van der Waals surface area contributed by atoms with Crippen LogP contribution in [0.3, 0.4) is 0 Å². The molecule has 0 atom stereocenters. The van der Waals surface area contributed by atoms with E-state index in [9.17, 15) is 4.39 Å². The molecular formula is C15H19BrFN. The molecule has 0 saturated heterocycles. The first-order chi connectivity index (χ1) is 8.74. The van der Waals surface area contributed by atoms with Crippen molar-refractivity contribution in [2.45, 2.75) is 38.6 Å². The van der Waals surface area contributed by atoms with Crippen molar-refractivity contribution in [1.29, 1.82) is 0 Å². The van der Waals surface area contributed by atoms with Crippen LogP contribution < -0.4 is 5.32 Å². The summed E-state index contributed by atoms with van der Waals surface area (Å²) in [6, 6.07) is 5.02. The van der Waals surface area contributed by atoms with Crippen molar-refractivity contribution in [3.63, 3.8) is 0 Å². The molecule has 0 amide bonds. The molecular weight excluding hydrogens is 293 g/mol. The standard InChI is InChI=1S/C15H19BrFN/c16-14-8-13(9-15(17)10-14)11-18-7-6-12-4-2-1-3-5-12/h4,8-10,18H,1-3,5-7,11H2. The minimum Gasteiger partial charge on any atom is -0.312 e. The number of rotatable bonds is 5. The summed E-state index contributed by atoms with van der Waals surface area (Å²) in [5.74, 6) is -0.184. The minimum atomic E-state index is -0.184. The van der Waals surface area contributed by atoms with E-state index in [1.165, 1.54) is 31.7 Å². The normalized spacial score (nSPS) is 15.6. The van der Waals surface area contributed by atoms with Gasteiger partial charge in [0.05, 0.1) is 0 Å². The number of nitrogens with one attached hydrogen (secondary N) is 1. The molecule has 1 nitrogen and oxygen atoms in total. The Morgan fingerprint density at radius 2 is 2.11 bits per heavy atom. The highest BCUT2D eigenvalue weighted by Gasteiger charge is 2.03. The van der Waals surface area contributed by atoms with Crippen molar-refractivity contribution in [1.82, 2.24) is 5.32 Å². The van der Waals surface area contributed by atoms with Crippen LogP contribution in [-0.4, -0.2) is 6.54 Å². The quantitative estimate of drug-likeness (QED) is 0.620. The summed E-state index contributed by atoms with van der Waals surface area (Å²) in [7, 11) is 0. The molecule has 0 aliphatic heterocycles. The van der Waals surface area contributed by atoms with Crippen LogP contribution in [0.1, 0.15) is 37.7 Å². The Bertz CT molecular complexity index is 408. The number of benzene rings is 1. The molecule has 98 valence electrons. The molecule has 3 heteroatoms. The van der Waals surface area contributed by atoms with Gasteiger partial charge in [0.25, 0.3) is 0 Å². The van der Waals surface area contributed by atoms with Crippen LogP contribution in [0.4, 0.5) is 4.39 Å². The number of allylic oxidation sites excluding steroid dienone is 1. The third-order valence-electron chi connectivity index (χ3n) is 3.26. The predicted octanol–water partition coefficient (Wildman–Crippen LogP) is 4.57. The van der Waals surface area contributed by atoms with E-state index in [2.05, 4.69) is 27.3 Å². The van der Waals surface area contributed by atoms with Crippen molar-refractivity contribution >= 4 is 15.9 Å². The van der Waals surface area contributed by atoms with Gasteiger partial charge in [-0.15, -0.1) is 0 Å². The number of halogens is 2. The van der Waals surface area contributed by atoms with Crippen LogP contribution in [0, 0.1) is 5.82 Å². The average molecular weight is 312 g/mol. The molecule has 1 aliphatic carbocycles. The van der Waals surface area contributed by atoms with Gasteiger partial charge in [0, 0.05) is 11.0 Å². The highest BCUT2D eigenvalue weighted by molar-refractivity contribution is 9.10. The Labute approximate surface area is 117 Å². The molecule has 0 aromatic heterocycles. The third kappa shape index (κ3) is 4.54. The molecule has 0 radical (unpaired) electrons. The Kier molecular flexibility index (Phi) is 5.39. The molecule has 1 aromatic rings. The molecule has 1 aliphatic rings. The van der Waals surface area contributed by atoms with Gasteiger partial charge in [-0.1, -0.05) is 27.6 Å². The Balaban J connectivity index is 1.73. The summed E-state index contributed by atoms with van der Waals surface area (Å²) < 4.78 is 14.0. The third-order valence-corrected chi connectivity index (χ3v) is 3.72. The number of hydrogen-bond donors (Lipinski definition) is 1. The number of hydrogen-bond acceptors (Lipinski definition) is 1. The summed E-state index contributed by atoms with van der Waals surface area (Å²) in [5, 5.41) is 3.38. The fraction of sp³-hybridized carbons (Fsp3) is 0.467. The van der Waals surface area contributed by atoms with Crippen LogP contribution >= 0.6 is 15.9 Å². The van der Waals surface area contributed by atoms with Gasteiger partial charge < -0.3 is 5.32 Å². The Morgan fingerprint density at radius 1 is 1.22 bits per heavy atom. The van der Waals surface area contributed by atoms with E-state index in [4.69, 9.17) is 0 Å². The van der Waals surface area contributed by atoms with Crippen molar-refractivity contribution < 1.29 is 4.39 Å². The first-order valence-electron chi connectivity index (χ1n) is 6.57. The van der Waals surface area contributed by atoms with Crippen molar-refractivity contribution in [3.8, 4) is 0 Å². The monoisotopic (exact) mass is 311 g/mol. The molecule has 1 aromatic carbocycles. The lowest BCUT2D eigenvalue weighted by molar-refractivity contribution is 0.613. The summed E-state index contributed by atoms with van der Waals surface area (Å²) >= 11 is 3.31. The smallest absolute Gasteiger partial charge is 0.124 e. The van der Waals surface area contributed by atoms with Gasteiger partial charge in [-0.05, 0) is 62.4 Å². The summed E-state index contributed by atoms with van der Waals surface area (Å²) in [6.07, 6.45) is 8.68. The van der Waals surface area contributed by atoms with Gasteiger partial charge in [0.15, 0.2) is 0 Å². The molecule has 0 unspecified atom stereocenters. The molecule has 2 rings (SSSR count). The second kappa shape index (κ2) is 7.05. The Hall–Kier alpha value is -0.670. The summed E-state index contributed by atoms with van der Waals surface area (Å²) in [6.45, 7) is 1.70. The second-order valence-corrected chi connectivity index (χ2v) is 5.73. The summed E-state index contributed by atoms with van der Waals surface area (Å²) in [4.78, 5) is 0. The first kappa shape index (κ1) is 13.8. The highest BCUT2D eigenvalue weighted by Crippen LogP contribution is 2.19. The Morgan fingerprint density at radius 3 is 2.83 bits per heavy atom. The zero-order chi connectivity index (χ0) is 12.8. The van der Waals surface area contributed by atoms with Crippen LogP contribution in [0.15, 0.2) is 34.3 Å². The van der Waals surface area contributed by atoms with Gasteiger partial charge >= 0.3 is 0 Å². The molecule has 0 spiro atoms. The van der Waals surface area contributed by atoms with Crippen molar-refractivity contribution in [3.05, 3.63) is 45.7 Å². The molecule has 1 N–H and O–H groups in total. The molecule has 0 bridgehead atoms. The van der Waals surface area contributed by atoms with Crippen LogP contribution in [0.5, 0.6) is 0 Å². The molecule has 0 heterocycles. The van der Waals surface area contributed by atoms with E-state index in [1.54, 1.807) is 11.6 Å². The topological polar surface area (TPSA) is 12.0 Å². The van der Waals surface area contributed by atoms with E-state index < -0.39 is 0 Å². The lowest BCUT2D eigenvalue weighted by atomic mass is 9.97. The first-order valence-corrected chi connectivity index (χ1v) is 7.37. The van der Waals surface area contributed by atoms with E-state index in [0.717, 1.165) is 29.5 Å². The van der Waals surface area contributed by atoms with Gasteiger partial charge in [-0.3, -0.25) is 0 Å². The highest BCUT2D eigenvalue weighted by atomic mass is 79.9. The van der Waals surface area contributed by atoms with E-state index in [1.807, 2.05) is 6.07 Å². The maximum absolute atomic E-state index is 13.2. The zero-order valence-corrected chi connectivity index (χ0v) is 12.1. The lowest BCUT2D eigenvalue weighted by Crippen LogP contribution is -2.15. The van der Waals surface area contributed by atoms with Crippen LogP contribution in [-0.2, 0) is 6.54 Å². The van der Waals surface area contributed by atoms with Gasteiger partial charge in [0.1, 0.15) is 5.82 Å². The van der Waals surface area contributed by atoms with Crippen LogP contribution in [0.2, 0.25) is 0 Å². The largest absolute Gasteiger partial charge is 0.312 e.